The first-order valence-corrected chi connectivity index (χ1v) is 8.23. The van der Waals surface area contributed by atoms with Gasteiger partial charge in [-0.15, -0.1) is 0 Å². The maximum absolute atomic E-state index is 12.2. The lowest BCUT2D eigenvalue weighted by Gasteiger charge is -2.03. The molecule has 0 saturated heterocycles. The van der Waals surface area contributed by atoms with Crippen LogP contribution in [0.3, 0.4) is 0 Å². The summed E-state index contributed by atoms with van der Waals surface area (Å²) in [6, 6.07) is 7.19. The number of Topliss-reactive ketones (excluding diaryl/α,β-unsaturated/α-hetero) is 1. The number of hydrogen-bond donors (Lipinski definition) is 2. The molecule has 0 aliphatic heterocycles. The maximum atomic E-state index is 12.2. The van der Waals surface area contributed by atoms with Crippen LogP contribution in [-0.4, -0.2) is 26.6 Å². The third-order valence-corrected chi connectivity index (χ3v) is 3.96. The zero-order chi connectivity index (χ0) is 17.3. The summed E-state index contributed by atoms with van der Waals surface area (Å²) in [5.41, 5.74) is 3.66. The standard InChI is InChI=1S/C17H15BrN4O2/c1-3-14(24)11-7-15(18)21-13-8-12(22-17(11)13)10-4-5-19-16(6-10)20-9(2)23/h4-8,22H,3H2,1-2H3,(H,19,20,23). The molecule has 0 radical (unpaired) electrons. The van der Waals surface area contributed by atoms with Gasteiger partial charge in [-0.25, -0.2) is 9.97 Å². The fraction of sp³-hybridized carbons (Fsp3) is 0.176. The van der Waals surface area contributed by atoms with E-state index in [0.29, 0.717) is 33.4 Å². The number of nitrogens with one attached hydrogen (secondary N) is 2. The number of H-pyrrole nitrogens is 1. The van der Waals surface area contributed by atoms with Gasteiger partial charge in [0.15, 0.2) is 5.78 Å². The number of aromatic nitrogens is 3. The van der Waals surface area contributed by atoms with Crippen LogP contribution in [0.15, 0.2) is 35.1 Å². The molecule has 3 rings (SSSR count). The van der Waals surface area contributed by atoms with Gasteiger partial charge in [-0.1, -0.05) is 6.92 Å². The molecule has 6 nitrogen and oxygen atoms in total. The van der Waals surface area contributed by atoms with Gasteiger partial charge in [0, 0.05) is 36.4 Å². The van der Waals surface area contributed by atoms with Crippen molar-refractivity contribution in [2.75, 3.05) is 5.32 Å². The van der Waals surface area contributed by atoms with E-state index in [9.17, 15) is 9.59 Å². The third kappa shape index (κ3) is 3.21. The van der Waals surface area contributed by atoms with Gasteiger partial charge < -0.3 is 10.3 Å². The Labute approximate surface area is 146 Å². The van der Waals surface area contributed by atoms with E-state index in [1.807, 2.05) is 19.1 Å². The lowest BCUT2D eigenvalue weighted by Crippen LogP contribution is -2.07. The molecular formula is C17H15BrN4O2. The van der Waals surface area contributed by atoms with E-state index in [4.69, 9.17) is 0 Å². The van der Waals surface area contributed by atoms with Crippen LogP contribution in [0, 0.1) is 0 Å². The van der Waals surface area contributed by atoms with E-state index in [2.05, 4.69) is 36.2 Å². The Morgan fingerprint density at radius 1 is 1.29 bits per heavy atom. The molecule has 122 valence electrons. The van der Waals surface area contributed by atoms with Crippen molar-refractivity contribution >= 4 is 44.5 Å². The second kappa shape index (κ2) is 6.52. The van der Waals surface area contributed by atoms with Gasteiger partial charge >= 0.3 is 0 Å². The topological polar surface area (TPSA) is 87.7 Å². The zero-order valence-electron chi connectivity index (χ0n) is 13.2. The Balaban J connectivity index is 2.11. The number of hydrogen-bond acceptors (Lipinski definition) is 4. The Kier molecular flexibility index (Phi) is 4.44. The summed E-state index contributed by atoms with van der Waals surface area (Å²) in [6.07, 6.45) is 2.04. The Hall–Kier alpha value is -2.54. The minimum Gasteiger partial charge on any atom is -0.353 e. The smallest absolute Gasteiger partial charge is 0.222 e. The van der Waals surface area contributed by atoms with Crippen molar-refractivity contribution in [1.82, 2.24) is 15.0 Å². The molecule has 3 aromatic rings. The number of nitrogens with zero attached hydrogens (tertiary/aromatic N) is 2. The van der Waals surface area contributed by atoms with Crippen molar-refractivity contribution in [3.8, 4) is 11.3 Å². The van der Waals surface area contributed by atoms with Gasteiger partial charge in [-0.3, -0.25) is 9.59 Å². The summed E-state index contributed by atoms with van der Waals surface area (Å²) in [5.74, 6) is 0.334. The molecule has 0 aliphatic rings. The highest BCUT2D eigenvalue weighted by Gasteiger charge is 2.14. The van der Waals surface area contributed by atoms with Crippen molar-refractivity contribution in [2.45, 2.75) is 20.3 Å². The average molecular weight is 387 g/mol. The summed E-state index contributed by atoms with van der Waals surface area (Å²) in [4.78, 5) is 35.1. The van der Waals surface area contributed by atoms with Gasteiger partial charge in [0.05, 0.1) is 11.0 Å². The molecule has 0 bridgehead atoms. The number of rotatable bonds is 4. The minimum atomic E-state index is -0.183. The predicted molar refractivity (Wildman–Crippen MR) is 95.9 cm³/mol. The monoisotopic (exact) mass is 386 g/mol. The van der Waals surface area contributed by atoms with E-state index in [1.54, 1.807) is 18.3 Å². The number of fused-ring (bicyclic) bond motifs is 1. The minimum absolute atomic E-state index is 0.0464. The fourth-order valence-electron chi connectivity index (χ4n) is 2.49. The van der Waals surface area contributed by atoms with Crippen LogP contribution < -0.4 is 5.32 Å². The lowest BCUT2D eigenvalue weighted by molar-refractivity contribution is -0.114. The molecule has 1 amide bonds. The molecule has 0 spiro atoms. The molecule has 0 atom stereocenters. The highest BCUT2D eigenvalue weighted by atomic mass is 79.9. The number of carbonyl (C=O) groups is 2. The highest BCUT2D eigenvalue weighted by Crippen LogP contribution is 2.28. The molecule has 0 aliphatic carbocycles. The molecule has 0 fully saturated rings. The maximum Gasteiger partial charge on any atom is 0.222 e. The SMILES string of the molecule is CCC(=O)c1cc(Br)nc2cc(-c3ccnc(NC(C)=O)c3)[nH]c12. The number of amides is 1. The van der Waals surface area contributed by atoms with Crippen LogP contribution >= 0.6 is 15.9 Å². The zero-order valence-corrected chi connectivity index (χ0v) is 14.8. The number of ketones is 1. The van der Waals surface area contributed by atoms with E-state index >= 15 is 0 Å². The van der Waals surface area contributed by atoms with Crippen LogP contribution in [0.4, 0.5) is 5.82 Å². The van der Waals surface area contributed by atoms with E-state index in [-0.39, 0.29) is 11.7 Å². The molecule has 2 N–H and O–H groups in total. The number of pyridine rings is 2. The van der Waals surface area contributed by atoms with Gasteiger partial charge in [0.25, 0.3) is 0 Å². The summed E-state index contributed by atoms with van der Waals surface area (Å²) in [6.45, 7) is 3.26. The van der Waals surface area contributed by atoms with Gasteiger partial charge in [0.2, 0.25) is 5.91 Å². The van der Waals surface area contributed by atoms with E-state index in [0.717, 1.165) is 11.3 Å². The van der Waals surface area contributed by atoms with Crippen LogP contribution in [0.1, 0.15) is 30.6 Å². The lowest BCUT2D eigenvalue weighted by atomic mass is 10.1. The number of anilines is 1. The average Bonchev–Trinajstić information content (AvgIpc) is 2.96. The third-order valence-electron chi connectivity index (χ3n) is 3.55. The van der Waals surface area contributed by atoms with Crippen molar-refractivity contribution < 1.29 is 9.59 Å². The summed E-state index contributed by atoms with van der Waals surface area (Å²) in [7, 11) is 0. The fourth-order valence-corrected chi connectivity index (χ4v) is 2.91. The Morgan fingerprint density at radius 2 is 2.08 bits per heavy atom. The number of aromatic amines is 1. The molecule has 0 aromatic carbocycles. The van der Waals surface area contributed by atoms with Crippen LogP contribution in [0.25, 0.3) is 22.3 Å². The Morgan fingerprint density at radius 3 is 2.79 bits per heavy atom. The normalized spacial score (nSPS) is 10.8. The summed E-state index contributed by atoms with van der Waals surface area (Å²) >= 11 is 3.35. The van der Waals surface area contributed by atoms with Crippen molar-refractivity contribution in [3.63, 3.8) is 0 Å². The summed E-state index contributed by atoms with van der Waals surface area (Å²) in [5, 5.41) is 2.66. The van der Waals surface area contributed by atoms with Crippen LogP contribution in [0.2, 0.25) is 0 Å². The van der Waals surface area contributed by atoms with Crippen molar-refractivity contribution in [3.05, 3.63) is 40.6 Å². The quantitative estimate of drug-likeness (QED) is 0.524. The van der Waals surface area contributed by atoms with E-state index < -0.39 is 0 Å². The Bertz CT molecular complexity index is 949. The van der Waals surface area contributed by atoms with Crippen molar-refractivity contribution in [2.24, 2.45) is 0 Å². The van der Waals surface area contributed by atoms with Crippen LogP contribution in [-0.2, 0) is 4.79 Å². The number of halogens is 1. The first kappa shape index (κ1) is 16.3. The first-order valence-electron chi connectivity index (χ1n) is 7.44. The molecule has 3 heterocycles. The number of carbonyl (C=O) groups excluding carboxylic acids is 2. The van der Waals surface area contributed by atoms with Gasteiger partial charge in [-0.2, -0.15) is 0 Å². The largest absolute Gasteiger partial charge is 0.353 e. The summed E-state index contributed by atoms with van der Waals surface area (Å²) < 4.78 is 0.617. The first-order chi connectivity index (χ1) is 11.5. The van der Waals surface area contributed by atoms with Crippen molar-refractivity contribution in [1.29, 1.82) is 0 Å². The van der Waals surface area contributed by atoms with E-state index in [1.165, 1.54) is 6.92 Å². The molecule has 24 heavy (non-hydrogen) atoms. The van der Waals surface area contributed by atoms with Gasteiger partial charge in [0.1, 0.15) is 10.4 Å². The molecule has 0 saturated carbocycles. The molecule has 3 aromatic heterocycles. The van der Waals surface area contributed by atoms with Crippen LogP contribution in [0.5, 0.6) is 0 Å². The molecule has 7 heteroatoms. The second-order valence-corrected chi connectivity index (χ2v) is 6.14. The second-order valence-electron chi connectivity index (χ2n) is 5.32. The molecular weight excluding hydrogens is 372 g/mol. The predicted octanol–water partition coefficient (Wildman–Crippen LogP) is 3.94. The highest BCUT2D eigenvalue weighted by molar-refractivity contribution is 9.10. The van der Waals surface area contributed by atoms with Gasteiger partial charge in [-0.05, 0) is 40.2 Å². The molecule has 0 unspecified atom stereocenters.